The van der Waals surface area contributed by atoms with Gasteiger partial charge in [0.1, 0.15) is 5.69 Å². The molecule has 1 saturated heterocycles. The highest BCUT2D eigenvalue weighted by Gasteiger charge is 2.28. The molecule has 0 spiro atoms. The van der Waals surface area contributed by atoms with E-state index >= 15 is 0 Å². The van der Waals surface area contributed by atoms with E-state index in [9.17, 15) is 14.4 Å². The number of rotatable bonds is 11. The summed E-state index contributed by atoms with van der Waals surface area (Å²) in [6.07, 6.45) is 6.55. The van der Waals surface area contributed by atoms with E-state index in [1.165, 1.54) is 18.6 Å². The fraction of sp³-hybridized carbons (Fsp3) is 0.667. The summed E-state index contributed by atoms with van der Waals surface area (Å²) in [6, 6.07) is 0. The lowest BCUT2D eigenvalue weighted by atomic mass is 9.97. The standard InChI is InChI=1S/C21H32N4O5/c1-3-29-15-5-11-25(20(27)18-16-22-9-10-23-18)14-8-19(26)24-12-6-17(7-13-24)21(28)30-4-2/h9-10,16-17H,3-8,11-15H2,1-2H3. The zero-order valence-electron chi connectivity index (χ0n) is 17.9. The van der Waals surface area contributed by atoms with Crippen LogP contribution in [0.5, 0.6) is 0 Å². The molecule has 1 aromatic heterocycles. The van der Waals surface area contributed by atoms with Crippen LogP contribution in [-0.2, 0) is 19.1 Å². The van der Waals surface area contributed by atoms with Crippen LogP contribution in [-0.4, -0.2) is 83.6 Å². The van der Waals surface area contributed by atoms with Crippen LogP contribution < -0.4 is 0 Å². The number of amides is 2. The van der Waals surface area contributed by atoms with Gasteiger partial charge in [-0.3, -0.25) is 19.4 Å². The highest BCUT2D eigenvalue weighted by molar-refractivity contribution is 5.92. The van der Waals surface area contributed by atoms with E-state index < -0.39 is 0 Å². The Hall–Kier alpha value is -2.55. The van der Waals surface area contributed by atoms with Gasteiger partial charge < -0.3 is 19.3 Å². The molecule has 0 bridgehead atoms. The monoisotopic (exact) mass is 420 g/mol. The van der Waals surface area contributed by atoms with Gasteiger partial charge in [-0.25, -0.2) is 4.98 Å². The Morgan fingerprint density at radius 3 is 2.53 bits per heavy atom. The first kappa shape index (κ1) is 23.7. The Morgan fingerprint density at radius 2 is 1.90 bits per heavy atom. The maximum absolute atomic E-state index is 12.8. The van der Waals surface area contributed by atoms with Crippen molar-refractivity contribution >= 4 is 17.8 Å². The summed E-state index contributed by atoms with van der Waals surface area (Å²) in [5, 5.41) is 0. The zero-order valence-corrected chi connectivity index (χ0v) is 17.9. The highest BCUT2D eigenvalue weighted by Crippen LogP contribution is 2.19. The third-order valence-electron chi connectivity index (χ3n) is 5.05. The van der Waals surface area contributed by atoms with Gasteiger partial charge in [0.25, 0.3) is 5.91 Å². The summed E-state index contributed by atoms with van der Waals surface area (Å²) in [5.74, 6) is -0.575. The molecule has 9 nitrogen and oxygen atoms in total. The molecule has 2 heterocycles. The Bertz CT molecular complexity index is 677. The minimum atomic E-state index is -0.242. The smallest absolute Gasteiger partial charge is 0.309 e. The number of nitrogens with zero attached hydrogens (tertiary/aromatic N) is 4. The van der Waals surface area contributed by atoms with Gasteiger partial charge in [0.15, 0.2) is 0 Å². The van der Waals surface area contributed by atoms with Crippen LogP contribution in [0.25, 0.3) is 0 Å². The van der Waals surface area contributed by atoms with E-state index in [1.54, 1.807) is 16.7 Å². The zero-order chi connectivity index (χ0) is 21.8. The van der Waals surface area contributed by atoms with Crippen LogP contribution in [0.15, 0.2) is 18.6 Å². The van der Waals surface area contributed by atoms with Gasteiger partial charge in [0.05, 0.1) is 18.7 Å². The third kappa shape index (κ3) is 7.37. The molecule has 0 saturated carbocycles. The number of aromatic nitrogens is 2. The first-order valence-corrected chi connectivity index (χ1v) is 10.6. The van der Waals surface area contributed by atoms with E-state index in [0.717, 1.165) is 0 Å². The van der Waals surface area contributed by atoms with Crippen molar-refractivity contribution in [3.05, 3.63) is 24.3 Å². The topological polar surface area (TPSA) is 102 Å². The predicted octanol–water partition coefficient (Wildman–Crippen LogP) is 1.54. The summed E-state index contributed by atoms with van der Waals surface area (Å²) in [5.41, 5.74) is 0.261. The van der Waals surface area contributed by atoms with Gasteiger partial charge in [0, 0.05) is 58.2 Å². The van der Waals surface area contributed by atoms with Crippen LogP contribution in [0, 0.1) is 5.92 Å². The second-order valence-electron chi connectivity index (χ2n) is 7.09. The molecule has 0 aliphatic carbocycles. The lowest BCUT2D eigenvalue weighted by Crippen LogP contribution is -2.42. The number of hydrogen-bond donors (Lipinski definition) is 0. The maximum Gasteiger partial charge on any atom is 0.309 e. The molecule has 0 aromatic carbocycles. The number of piperidine rings is 1. The quantitative estimate of drug-likeness (QED) is 0.395. The minimum absolute atomic E-state index is 0.0148. The van der Waals surface area contributed by atoms with E-state index in [2.05, 4.69) is 9.97 Å². The highest BCUT2D eigenvalue weighted by atomic mass is 16.5. The Kier molecular flexibility index (Phi) is 10.2. The molecule has 1 aliphatic heterocycles. The van der Waals surface area contributed by atoms with Crippen LogP contribution in [0.2, 0.25) is 0 Å². The summed E-state index contributed by atoms with van der Waals surface area (Å²) in [7, 11) is 0. The predicted molar refractivity (Wildman–Crippen MR) is 110 cm³/mol. The van der Waals surface area contributed by atoms with E-state index in [1.807, 2.05) is 6.92 Å². The molecule has 9 heteroatoms. The molecule has 1 aromatic rings. The van der Waals surface area contributed by atoms with Gasteiger partial charge in [-0.05, 0) is 33.1 Å². The van der Waals surface area contributed by atoms with Crippen molar-refractivity contribution in [3.63, 3.8) is 0 Å². The molecular formula is C21H32N4O5. The van der Waals surface area contributed by atoms with Crippen LogP contribution in [0.1, 0.15) is 50.0 Å². The molecule has 2 rings (SSSR count). The molecule has 0 N–H and O–H groups in total. The number of likely N-dealkylation sites (tertiary alicyclic amines) is 1. The SMILES string of the molecule is CCOCCCN(CCC(=O)N1CCC(C(=O)OCC)CC1)C(=O)c1cnccn1. The molecular weight excluding hydrogens is 388 g/mol. The van der Waals surface area contributed by atoms with Crippen LogP contribution in [0.4, 0.5) is 0 Å². The number of esters is 1. The van der Waals surface area contributed by atoms with Gasteiger partial charge in [-0.15, -0.1) is 0 Å². The number of hydrogen-bond acceptors (Lipinski definition) is 7. The Balaban J connectivity index is 1.87. The van der Waals surface area contributed by atoms with Gasteiger partial charge in [0.2, 0.25) is 5.91 Å². The fourth-order valence-corrected chi connectivity index (χ4v) is 3.40. The van der Waals surface area contributed by atoms with Crippen molar-refractivity contribution in [3.8, 4) is 0 Å². The number of carbonyl (C=O) groups excluding carboxylic acids is 3. The lowest BCUT2D eigenvalue weighted by Gasteiger charge is -2.31. The van der Waals surface area contributed by atoms with E-state index in [-0.39, 0.29) is 35.8 Å². The van der Waals surface area contributed by atoms with Gasteiger partial charge >= 0.3 is 5.97 Å². The molecule has 1 fully saturated rings. The van der Waals surface area contributed by atoms with Crippen molar-refractivity contribution in [2.45, 2.75) is 39.5 Å². The minimum Gasteiger partial charge on any atom is -0.466 e. The number of carbonyl (C=O) groups is 3. The average molecular weight is 421 g/mol. The number of ether oxygens (including phenoxy) is 2. The average Bonchev–Trinajstić information content (AvgIpc) is 2.79. The van der Waals surface area contributed by atoms with Crippen LogP contribution >= 0.6 is 0 Å². The van der Waals surface area contributed by atoms with Crippen LogP contribution in [0.3, 0.4) is 0 Å². The Labute approximate surface area is 177 Å². The van der Waals surface area contributed by atoms with E-state index in [4.69, 9.17) is 9.47 Å². The molecule has 166 valence electrons. The summed E-state index contributed by atoms with van der Waals surface area (Å²) >= 11 is 0. The molecule has 1 aliphatic rings. The third-order valence-corrected chi connectivity index (χ3v) is 5.05. The lowest BCUT2D eigenvalue weighted by molar-refractivity contribution is -0.151. The van der Waals surface area contributed by atoms with Crippen molar-refractivity contribution in [2.75, 3.05) is 46.0 Å². The molecule has 0 unspecified atom stereocenters. The van der Waals surface area contributed by atoms with E-state index in [0.29, 0.717) is 65.3 Å². The second kappa shape index (κ2) is 12.9. The fourth-order valence-electron chi connectivity index (χ4n) is 3.40. The maximum atomic E-state index is 12.8. The van der Waals surface area contributed by atoms with Crippen molar-refractivity contribution in [1.29, 1.82) is 0 Å². The summed E-state index contributed by atoms with van der Waals surface area (Å²) in [4.78, 5) is 48.7. The normalized spacial score (nSPS) is 14.4. The largest absolute Gasteiger partial charge is 0.466 e. The first-order chi connectivity index (χ1) is 14.6. The Morgan fingerprint density at radius 1 is 1.13 bits per heavy atom. The van der Waals surface area contributed by atoms with Gasteiger partial charge in [-0.2, -0.15) is 0 Å². The molecule has 0 radical (unpaired) electrons. The molecule has 2 amide bonds. The molecule has 0 atom stereocenters. The summed E-state index contributed by atoms with van der Waals surface area (Å²) < 4.78 is 10.4. The van der Waals surface area contributed by atoms with Crippen molar-refractivity contribution in [2.24, 2.45) is 5.92 Å². The van der Waals surface area contributed by atoms with Crippen molar-refractivity contribution < 1.29 is 23.9 Å². The molecule has 30 heavy (non-hydrogen) atoms. The first-order valence-electron chi connectivity index (χ1n) is 10.6. The second-order valence-corrected chi connectivity index (χ2v) is 7.09. The summed E-state index contributed by atoms with van der Waals surface area (Å²) in [6.45, 7) is 7.11. The van der Waals surface area contributed by atoms with Crippen molar-refractivity contribution in [1.82, 2.24) is 19.8 Å². The van der Waals surface area contributed by atoms with Gasteiger partial charge in [-0.1, -0.05) is 0 Å².